The van der Waals surface area contributed by atoms with Gasteiger partial charge in [0.1, 0.15) is 17.5 Å². The molecule has 1 saturated heterocycles. The summed E-state index contributed by atoms with van der Waals surface area (Å²) in [5, 5.41) is 12.3. The van der Waals surface area contributed by atoms with E-state index in [9.17, 15) is 8.78 Å². The van der Waals surface area contributed by atoms with Gasteiger partial charge in [-0.2, -0.15) is 0 Å². The highest BCUT2D eigenvalue weighted by Crippen LogP contribution is 2.59. The first-order valence-electron chi connectivity index (χ1n) is 11.0. The predicted octanol–water partition coefficient (Wildman–Crippen LogP) is 5.79. The summed E-state index contributed by atoms with van der Waals surface area (Å²) in [5.74, 6) is 0.833. The van der Waals surface area contributed by atoms with E-state index in [0.717, 1.165) is 37.6 Å². The van der Waals surface area contributed by atoms with E-state index in [2.05, 4.69) is 20.4 Å². The van der Waals surface area contributed by atoms with Crippen molar-refractivity contribution in [2.24, 2.45) is 11.3 Å². The molecule has 0 bridgehead atoms. The largest absolute Gasteiger partial charge is 0.368 e. The zero-order chi connectivity index (χ0) is 22.1. The van der Waals surface area contributed by atoms with Crippen LogP contribution in [0, 0.1) is 23.0 Å². The minimum atomic E-state index is -0.351. The molecule has 7 heteroatoms. The van der Waals surface area contributed by atoms with E-state index >= 15 is 0 Å². The monoisotopic (exact) mass is 454 g/mol. The smallest absolute Gasteiger partial charge is 0.148 e. The fourth-order valence-electron chi connectivity index (χ4n) is 4.83. The number of piperidine rings is 1. The first-order valence-corrected chi connectivity index (χ1v) is 11.4. The predicted molar refractivity (Wildman–Crippen MR) is 122 cm³/mol. The molecule has 2 aromatic carbocycles. The molecule has 2 aliphatic rings. The Balaban J connectivity index is 1.11. The van der Waals surface area contributed by atoms with E-state index in [-0.39, 0.29) is 11.6 Å². The standard InChI is InChI=1S/C25H25ClF2N4/c26-22-6-5-20(28)13-21(22)23-7-8-24(31-30-23)29-15-18-14-25(18)9-11-32(12-10-25)16-17-1-3-19(27)4-2-17/h1-8,13,18H,9-12,14-16H2,(H,29,31). The molecule has 1 aliphatic heterocycles. The van der Waals surface area contributed by atoms with Gasteiger partial charge in [-0.3, -0.25) is 4.90 Å². The molecule has 1 unspecified atom stereocenters. The maximum atomic E-state index is 13.5. The van der Waals surface area contributed by atoms with E-state index in [1.165, 1.54) is 49.6 Å². The van der Waals surface area contributed by atoms with Crippen molar-refractivity contribution in [1.82, 2.24) is 15.1 Å². The van der Waals surface area contributed by atoms with E-state index in [1.807, 2.05) is 24.3 Å². The second-order valence-corrected chi connectivity index (χ2v) is 9.38. The highest BCUT2D eigenvalue weighted by Gasteiger charge is 2.54. The van der Waals surface area contributed by atoms with Crippen molar-refractivity contribution in [3.63, 3.8) is 0 Å². The third kappa shape index (κ3) is 4.62. The van der Waals surface area contributed by atoms with Crippen LogP contribution in [-0.4, -0.2) is 34.7 Å². The summed E-state index contributed by atoms with van der Waals surface area (Å²) in [5.41, 5.74) is 2.70. The van der Waals surface area contributed by atoms with E-state index in [0.29, 0.717) is 27.6 Å². The van der Waals surface area contributed by atoms with Crippen molar-refractivity contribution >= 4 is 17.4 Å². The van der Waals surface area contributed by atoms with Crippen molar-refractivity contribution in [2.75, 3.05) is 25.0 Å². The Hall–Kier alpha value is -2.57. The number of anilines is 1. The number of halogens is 3. The van der Waals surface area contributed by atoms with Crippen LogP contribution < -0.4 is 5.32 Å². The zero-order valence-electron chi connectivity index (χ0n) is 17.7. The summed E-state index contributed by atoms with van der Waals surface area (Å²) in [6, 6.07) is 14.7. The molecule has 5 rings (SSSR count). The van der Waals surface area contributed by atoms with Crippen molar-refractivity contribution < 1.29 is 8.78 Å². The number of aromatic nitrogens is 2. The minimum Gasteiger partial charge on any atom is -0.368 e. The van der Waals surface area contributed by atoms with Crippen LogP contribution in [0.15, 0.2) is 54.6 Å². The maximum absolute atomic E-state index is 13.5. The van der Waals surface area contributed by atoms with Crippen LogP contribution in [0.1, 0.15) is 24.8 Å². The second-order valence-electron chi connectivity index (χ2n) is 8.97. The molecule has 1 atom stereocenters. The van der Waals surface area contributed by atoms with Gasteiger partial charge in [0.05, 0.1) is 10.7 Å². The molecular formula is C25H25ClF2N4. The van der Waals surface area contributed by atoms with Crippen LogP contribution in [0.3, 0.4) is 0 Å². The summed E-state index contributed by atoms with van der Waals surface area (Å²) in [6.07, 6.45) is 3.64. The van der Waals surface area contributed by atoms with Gasteiger partial charge in [-0.15, -0.1) is 10.2 Å². The third-order valence-electron chi connectivity index (χ3n) is 6.93. The average molecular weight is 455 g/mol. The molecule has 0 radical (unpaired) electrons. The Morgan fingerprint density at radius 3 is 2.44 bits per heavy atom. The van der Waals surface area contributed by atoms with E-state index in [4.69, 9.17) is 11.6 Å². The van der Waals surface area contributed by atoms with Crippen molar-refractivity contribution in [1.29, 1.82) is 0 Å². The molecule has 1 aliphatic carbocycles. The van der Waals surface area contributed by atoms with Gasteiger partial charge in [-0.1, -0.05) is 23.7 Å². The van der Waals surface area contributed by atoms with Crippen molar-refractivity contribution in [2.45, 2.75) is 25.8 Å². The highest BCUT2D eigenvalue weighted by molar-refractivity contribution is 6.33. The van der Waals surface area contributed by atoms with Gasteiger partial charge >= 0.3 is 0 Å². The molecule has 32 heavy (non-hydrogen) atoms. The summed E-state index contributed by atoms with van der Waals surface area (Å²) >= 11 is 6.16. The fraction of sp³-hybridized carbons (Fsp3) is 0.360. The van der Waals surface area contributed by atoms with E-state index in [1.54, 1.807) is 0 Å². The fourth-order valence-corrected chi connectivity index (χ4v) is 5.04. The topological polar surface area (TPSA) is 41.0 Å². The lowest BCUT2D eigenvalue weighted by Crippen LogP contribution is -2.35. The maximum Gasteiger partial charge on any atom is 0.148 e. The number of nitrogens with zero attached hydrogens (tertiary/aromatic N) is 3. The SMILES string of the molecule is Fc1ccc(CN2CCC3(CC2)CC3CNc2ccc(-c3cc(F)ccc3Cl)nn2)cc1. The molecule has 166 valence electrons. The zero-order valence-corrected chi connectivity index (χ0v) is 18.5. The Morgan fingerprint density at radius 2 is 1.72 bits per heavy atom. The summed E-state index contributed by atoms with van der Waals surface area (Å²) in [7, 11) is 0. The first-order chi connectivity index (χ1) is 15.5. The van der Waals surface area contributed by atoms with Crippen molar-refractivity contribution in [3.8, 4) is 11.3 Å². The molecule has 2 fully saturated rings. The molecular weight excluding hydrogens is 430 g/mol. The Labute approximate surface area is 191 Å². The Morgan fingerprint density at radius 1 is 0.969 bits per heavy atom. The van der Waals surface area contributed by atoms with Gasteiger partial charge in [0.25, 0.3) is 0 Å². The van der Waals surface area contributed by atoms with Gasteiger partial charge in [0.15, 0.2) is 0 Å². The first kappa shape index (κ1) is 21.3. The van der Waals surface area contributed by atoms with Gasteiger partial charge in [0.2, 0.25) is 0 Å². The summed E-state index contributed by atoms with van der Waals surface area (Å²) < 4.78 is 26.6. The molecule has 1 saturated carbocycles. The quantitative estimate of drug-likeness (QED) is 0.512. The Kier molecular flexibility index (Phi) is 5.82. The third-order valence-corrected chi connectivity index (χ3v) is 7.26. The van der Waals surface area contributed by atoms with Crippen molar-refractivity contribution in [3.05, 3.63) is 76.8 Å². The number of rotatable bonds is 6. The normalized spacial score (nSPS) is 19.8. The number of hydrogen-bond donors (Lipinski definition) is 1. The lowest BCUT2D eigenvalue weighted by atomic mass is 9.90. The number of nitrogens with one attached hydrogen (secondary N) is 1. The van der Waals surface area contributed by atoms with Crippen LogP contribution in [0.25, 0.3) is 11.3 Å². The number of likely N-dealkylation sites (tertiary alicyclic amines) is 1. The van der Waals surface area contributed by atoms with Crippen LogP contribution in [-0.2, 0) is 6.54 Å². The van der Waals surface area contributed by atoms with Gasteiger partial charge < -0.3 is 5.32 Å². The summed E-state index contributed by atoms with van der Waals surface area (Å²) in [6.45, 7) is 3.93. The van der Waals surface area contributed by atoms with Crippen LogP contribution >= 0.6 is 11.6 Å². The molecule has 0 amide bonds. The van der Waals surface area contributed by atoms with E-state index < -0.39 is 0 Å². The molecule has 1 aromatic heterocycles. The lowest BCUT2D eigenvalue weighted by molar-refractivity contribution is 0.157. The van der Waals surface area contributed by atoms with Gasteiger partial charge in [-0.25, -0.2) is 8.78 Å². The van der Waals surface area contributed by atoms with Gasteiger partial charge in [0, 0.05) is 18.7 Å². The number of hydrogen-bond acceptors (Lipinski definition) is 4. The molecule has 4 nitrogen and oxygen atoms in total. The second kappa shape index (κ2) is 8.75. The average Bonchev–Trinajstić information content (AvgIpc) is 3.49. The lowest BCUT2D eigenvalue weighted by Gasteiger charge is -2.33. The van der Waals surface area contributed by atoms with Crippen LogP contribution in [0.2, 0.25) is 5.02 Å². The molecule has 1 N–H and O–H groups in total. The van der Waals surface area contributed by atoms with Crippen LogP contribution in [0.4, 0.5) is 14.6 Å². The molecule has 3 aromatic rings. The minimum absolute atomic E-state index is 0.184. The molecule has 1 spiro atoms. The van der Waals surface area contributed by atoms with Crippen LogP contribution in [0.5, 0.6) is 0 Å². The van der Waals surface area contributed by atoms with Gasteiger partial charge in [-0.05, 0) is 91.7 Å². The number of benzene rings is 2. The molecule has 2 heterocycles. The summed E-state index contributed by atoms with van der Waals surface area (Å²) in [4.78, 5) is 2.46. The Bertz CT molecular complexity index is 1080. The highest BCUT2D eigenvalue weighted by atomic mass is 35.5.